The molecule has 0 spiro atoms. The third-order valence-corrected chi connectivity index (χ3v) is 1.94. The van der Waals surface area contributed by atoms with Gasteiger partial charge in [-0.1, -0.05) is 6.07 Å². The van der Waals surface area contributed by atoms with Crippen molar-refractivity contribution in [2.45, 2.75) is 13.8 Å². The fourth-order valence-corrected chi connectivity index (χ4v) is 1.10. The Hall–Kier alpha value is -1.84. The van der Waals surface area contributed by atoms with E-state index in [-0.39, 0.29) is 11.9 Å². The standard InChI is InChI=1S/C11H13NO3/c1-8(13)12(3)10-5-4-6-11(7-10)15-9(2)14/h4-7H,1-3H3. The maximum Gasteiger partial charge on any atom is 0.308 e. The lowest BCUT2D eigenvalue weighted by Gasteiger charge is -2.15. The number of anilines is 1. The van der Waals surface area contributed by atoms with Crippen molar-refractivity contribution in [3.63, 3.8) is 0 Å². The molecule has 4 heteroatoms. The molecule has 0 heterocycles. The molecule has 15 heavy (non-hydrogen) atoms. The highest BCUT2D eigenvalue weighted by Gasteiger charge is 2.06. The van der Waals surface area contributed by atoms with E-state index in [1.165, 1.54) is 18.7 Å². The van der Waals surface area contributed by atoms with Crippen LogP contribution in [0.3, 0.4) is 0 Å². The zero-order valence-corrected chi connectivity index (χ0v) is 8.98. The topological polar surface area (TPSA) is 46.6 Å². The van der Waals surface area contributed by atoms with E-state index in [2.05, 4.69) is 0 Å². The lowest BCUT2D eigenvalue weighted by Crippen LogP contribution is -2.22. The number of carbonyl (C=O) groups is 2. The van der Waals surface area contributed by atoms with Crippen LogP contribution in [0.1, 0.15) is 13.8 Å². The highest BCUT2D eigenvalue weighted by atomic mass is 16.5. The molecule has 0 fully saturated rings. The van der Waals surface area contributed by atoms with Gasteiger partial charge in [0.25, 0.3) is 0 Å². The van der Waals surface area contributed by atoms with Gasteiger partial charge in [0.05, 0.1) is 0 Å². The van der Waals surface area contributed by atoms with Gasteiger partial charge < -0.3 is 9.64 Å². The molecule has 0 aliphatic rings. The van der Waals surface area contributed by atoms with Crippen molar-refractivity contribution < 1.29 is 14.3 Å². The molecule has 4 nitrogen and oxygen atoms in total. The van der Waals surface area contributed by atoms with Crippen LogP contribution in [0.4, 0.5) is 5.69 Å². The summed E-state index contributed by atoms with van der Waals surface area (Å²) in [5.74, 6) is -0.0132. The Labute approximate surface area is 88.5 Å². The molecule has 0 aliphatic carbocycles. The molecule has 0 N–H and O–H groups in total. The summed E-state index contributed by atoms with van der Waals surface area (Å²) in [6, 6.07) is 6.81. The molecule has 1 aromatic rings. The summed E-state index contributed by atoms with van der Waals surface area (Å²) >= 11 is 0. The summed E-state index contributed by atoms with van der Waals surface area (Å²) in [6.07, 6.45) is 0. The molecule has 0 radical (unpaired) electrons. The number of nitrogens with zero attached hydrogens (tertiary/aromatic N) is 1. The second kappa shape index (κ2) is 4.59. The first-order chi connectivity index (χ1) is 7.00. The Morgan fingerprint density at radius 1 is 1.27 bits per heavy atom. The number of rotatable bonds is 2. The summed E-state index contributed by atoms with van der Waals surface area (Å²) < 4.78 is 4.91. The van der Waals surface area contributed by atoms with Crippen LogP contribution < -0.4 is 9.64 Å². The lowest BCUT2D eigenvalue weighted by molar-refractivity contribution is -0.131. The largest absolute Gasteiger partial charge is 0.427 e. The van der Waals surface area contributed by atoms with Gasteiger partial charge in [-0.05, 0) is 12.1 Å². The molecule has 0 saturated carbocycles. The number of ether oxygens (including phenoxy) is 1. The maximum absolute atomic E-state index is 11.1. The second-order valence-electron chi connectivity index (χ2n) is 3.17. The molecule has 0 bridgehead atoms. The highest BCUT2D eigenvalue weighted by Crippen LogP contribution is 2.20. The van der Waals surface area contributed by atoms with Crippen molar-refractivity contribution in [1.82, 2.24) is 0 Å². The van der Waals surface area contributed by atoms with E-state index in [9.17, 15) is 9.59 Å². The molecule has 80 valence electrons. The van der Waals surface area contributed by atoms with Crippen LogP contribution in [0.15, 0.2) is 24.3 Å². The minimum Gasteiger partial charge on any atom is -0.427 e. The fourth-order valence-electron chi connectivity index (χ4n) is 1.10. The second-order valence-corrected chi connectivity index (χ2v) is 3.17. The van der Waals surface area contributed by atoms with Crippen LogP contribution in [0.5, 0.6) is 5.75 Å². The molecule has 1 rings (SSSR count). The van der Waals surface area contributed by atoms with Crippen LogP contribution in [0.25, 0.3) is 0 Å². The predicted molar refractivity (Wildman–Crippen MR) is 56.8 cm³/mol. The van der Waals surface area contributed by atoms with Gasteiger partial charge in [0.1, 0.15) is 5.75 Å². The first-order valence-electron chi connectivity index (χ1n) is 4.53. The Morgan fingerprint density at radius 3 is 2.47 bits per heavy atom. The van der Waals surface area contributed by atoms with E-state index in [1.807, 2.05) is 0 Å². The molecule has 0 aliphatic heterocycles. The van der Waals surface area contributed by atoms with Crippen molar-refractivity contribution in [1.29, 1.82) is 0 Å². The smallest absolute Gasteiger partial charge is 0.308 e. The lowest BCUT2D eigenvalue weighted by atomic mass is 10.3. The van der Waals surface area contributed by atoms with Gasteiger partial charge >= 0.3 is 5.97 Å². The van der Waals surface area contributed by atoms with Gasteiger partial charge in [-0.25, -0.2) is 0 Å². The predicted octanol–water partition coefficient (Wildman–Crippen LogP) is 1.59. The zero-order valence-electron chi connectivity index (χ0n) is 8.98. The number of carbonyl (C=O) groups excluding carboxylic acids is 2. The summed E-state index contributed by atoms with van der Waals surface area (Å²) in [5, 5.41) is 0. The van der Waals surface area contributed by atoms with Crippen molar-refractivity contribution >= 4 is 17.6 Å². The minimum atomic E-state index is -0.377. The van der Waals surface area contributed by atoms with Gasteiger partial charge in [-0.15, -0.1) is 0 Å². The van der Waals surface area contributed by atoms with Crippen LogP contribution in [-0.2, 0) is 9.59 Å². The van der Waals surface area contributed by atoms with E-state index in [0.717, 1.165) is 0 Å². The highest BCUT2D eigenvalue weighted by molar-refractivity contribution is 5.91. The summed E-state index contributed by atoms with van der Waals surface area (Å²) in [4.78, 5) is 23.3. The molecule has 0 atom stereocenters. The van der Waals surface area contributed by atoms with Gasteiger partial charge in [0, 0.05) is 32.6 Å². The Balaban J connectivity index is 2.92. The molecule has 0 saturated heterocycles. The monoisotopic (exact) mass is 207 g/mol. The van der Waals surface area contributed by atoms with E-state index in [4.69, 9.17) is 4.74 Å². The van der Waals surface area contributed by atoms with E-state index < -0.39 is 0 Å². The number of amides is 1. The normalized spacial score (nSPS) is 9.53. The summed E-state index contributed by atoms with van der Waals surface area (Å²) in [7, 11) is 1.66. The van der Waals surface area contributed by atoms with Crippen LogP contribution in [-0.4, -0.2) is 18.9 Å². The quantitative estimate of drug-likeness (QED) is 0.546. The third-order valence-electron chi connectivity index (χ3n) is 1.94. The Morgan fingerprint density at radius 2 is 1.93 bits per heavy atom. The van der Waals surface area contributed by atoms with E-state index >= 15 is 0 Å². The number of hydrogen-bond acceptors (Lipinski definition) is 3. The number of esters is 1. The Kier molecular flexibility index (Phi) is 3.44. The minimum absolute atomic E-state index is 0.0741. The fraction of sp³-hybridized carbons (Fsp3) is 0.273. The van der Waals surface area contributed by atoms with E-state index in [0.29, 0.717) is 11.4 Å². The molecular formula is C11H13NO3. The van der Waals surface area contributed by atoms with Gasteiger partial charge in [0.15, 0.2) is 0 Å². The first-order valence-corrected chi connectivity index (χ1v) is 4.53. The van der Waals surface area contributed by atoms with Gasteiger partial charge in [0.2, 0.25) is 5.91 Å². The molecular weight excluding hydrogens is 194 g/mol. The molecule has 1 amide bonds. The molecule has 0 aromatic heterocycles. The van der Waals surface area contributed by atoms with Gasteiger partial charge in [-0.2, -0.15) is 0 Å². The van der Waals surface area contributed by atoms with Gasteiger partial charge in [-0.3, -0.25) is 9.59 Å². The van der Waals surface area contributed by atoms with E-state index in [1.54, 1.807) is 31.3 Å². The SMILES string of the molecule is CC(=O)Oc1cccc(N(C)C(C)=O)c1. The first kappa shape index (κ1) is 11.2. The van der Waals surface area contributed by atoms with Crippen molar-refractivity contribution in [3.05, 3.63) is 24.3 Å². The zero-order chi connectivity index (χ0) is 11.4. The average molecular weight is 207 g/mol. The van der Waals surface area contributed by atoms with Crippen molar-refractivity contribution in [2.75, 3.05) is 11.9 Å². The molecule has 1 aromatic carbocycles. The maximum atomic E-state index is 11.1. The number of benzene rings is 1. The Bertz CT molecular complexity index is 387. The third kappa shape index (κ3) is 3.09. The molecule has 0 unspecified atom stereocenters. The van der Waals surface area contributed by atoms with Crippen LogP contribution in [0.2, 0.25) is 0 Å². The average Bonchev–Trinajstić information content (AvgIpc) is 2.16. The summed E-state index contributed by atoms with van der Waals surface area (Å²) in [5.41, 5.74) is 0.696. The van der Waals surface area contributed by atoms with Crippen molar-refractivity contribution in [3.8, 4) is 5.75 Å². The van der Waals surface area contributed by atoms with Crippen LogP contribution in [0, 0.1) is 0 Å². The number of hydrogen-bond donors (Lipinski definition) is 0. The summed E-state index contributed by atoms with van der Waals surface area (Å²) in [6.45, 7) is 2.81. The van der Waals surface area contributed by atoms with Crippen LogP contribution >= 0.6 is 0 Å². The van der Waals surface area contributed by atoms with Crippen molar-refractivity contribution in [2.24, 2.45) is 0 Å².